The van der Waals surface area contributed by atoms with Gasteiger partial charge in [0.05, 0.1) is 19.3 Å². The van der Waals surface area contributed by atoms with E-state index in [1.54, 1.807) is 6.07 Å². The summed E-state index contributed by atoms with van der Waals surface area (Å²) in [6.45, 7) is 18.1. The number of ether oxygens (including phenoxy) is 2. The summed E-state index contributed by atoms with van der Waals surface area (Å²) in [7, 11) is 0. The maximum absolute atomic E-state index is 14.3. The quantitative estimate of drug-likeness (QED) is 0.185. The maximum atomic E-state index is 14.3. The highest BCUT2D eigenvalue weighted by Crippen LogP contribution is 2.44. The third-order valence-electron chi connectivity index (χ3n) is 7.83. The van der Waals surface area contributed by atoms with Crippen molar-refractivity contribution in [2.24, 2.45) is 10.4 Å². The number of carboxylic acids is 1. The molecule has 2 fully saturated rings. The minimum absolute atomic E-state index is 0.0136. The van der Waals surface area contributed by atoms with E-state index in [2.05, 4.69) is 46.5 Å². The van der Waals surface area contributed by atoms with E-state index >= 15 is 0 Å². The number of allylic oxidation sites excluding steroid dienone is 2. The number of rotatable bonds is 16. The molecule has 0 aromatic heterocycles. The van der Waals surface area contributed by atoms with E-state index in [-0.39, 0.29) is 17.4 Å². The van der Waals surface area contributed by atoms with Crippen molar-refractivity contribution in [1.29, 1.82) is 0 Å². The zero-order valence-corrected chi connectivity index (χ0v) is 25.0. The normalized spacial score (nSPS) is 20.1. The topological polar surface area (TPSA) is 83.4 Å². The summed E-state index contributed by atoms with van der Waals surface area (Å²) >= 11 is 0. The van der Waals surface area contributed by atoms with E-state index in [9.17, 15) is 14.3 Å². The Morgan fingerprint density at radius 3 is 2.67 bits per heavy atom. The van der Waals surface area contributed by atoms with Gasteiger partial charge in [0.25, 0.3) is 0 Å². The molecule has 2 N–H and O–H groups in total. The smallest absolute Gasteiger partial charge is 0.325 e. The molecule has 40 heavy (non-hydrogen) atoms. The van der Waals surface area contributed by atoms with Crippen LogP contribution in [-0.4, -0.2) is 67.2 Å². The molecular weight excluding hydrogens is 509 g/mol. The number of carbonyl (C=O) groups is 1. The van der Waals surface area contributed by atoms with Gasteiger partial charge in [-0.2, -0.15) is 0 Å². The first-order valence-corrected chi connectivity index (χ1v) is 14.6. The lowest BCUT2D eigenvalue weighted by molar-refractivity contribution is -0.151. The Kier molecular flexibility index (Phi) is 11.9. The summed E-state index contributed by atoms with van der Waals surface area (Å²) in [6, 6.07) is 3.64. The summed E-state index contributed by atoms with van der Waals surface area (Å²) in [5.74, 6) is -0.442. The van der Waals surface area contributed by atoms with Crippen molar-refractivity contribution < 1.29 is 23.8 Å². The number of aliphatic imine (C=N–C) groups is 1. The molecule has 0 amide bonds. The molecule has 8 heteroatoms. The third kappa shape index (κ3) is 8.48. The van der Waals surface area contributed by atoms with E-state index in [4.69, 9.17) is 14.5 Å². The first-order valence-electron chi connectivity index (χ1n) is 14.6. The predicted octanol–water partition coefficient (Wildman–Crippen LogP) is 6.23. The molecule has 2 aliphatic rings. The van der Waals surface area contributed by atoms with Gasteiger partial charge in [-0.1, -0.05) is 39.8 Å². The number of halogens is 1. The molecule has 2 aliphatic heterocycles. The van der Waals surface area contributed by atoms with Gasteiger partial charge in [-0.3, -0.25) is 9.69 Å². The molecule has 1 aromatic rings. The van der Waals surface area contributed by atoms with Crippen LogP contribution < -0.4 is 5.32 Å². The zero-order chi connectivity index (χ0) is 29.3. The van der Waals surface area contributed by atoms with Crippen molar-refractivity contribution in [1.82, 2.24) is 10.2 Å². The largest absolute Gasteiger partial charge is 0.480 e. The average Bonchev–Trinajstić information content (AvgIpc) is 3.23. The maximum Gasteiger partial charge on any atom is 0.325 e. The van der Waals surface area contributed by atoms with E-state index in [1.807, 2.05) is 11.0 Å². The van der Waals surface area contributed by atoms with E-state index < -0.39 is 17.8 Å². The Balaban J connectivity index is 1.47. The van der Waals surface area contributed by atoms with Gasteiger partial charge in [-0.25, -0.2) is 9.38 Å². The molecule has 2 saturated heterocycles. The number of likely N-dealkylation sites (tertiary alicyclic amines) is 1. The van der Waals surface area contributed by atoms with Gasteiger partial charge in [0.1, 0.15) is 17.7 Å². The molecule has 0 spiro atoms. The Morgan fingerprint density at radius 1 is 1.32 bits per heavy atom. The van der Waals surface area contributed by atoms with Gasteiger partial charge >= 0.3 is 5.97 Å². The standard InChI is InChI=1S/C32H48FN3O4/c1-7-15-34-30(22(3)4)35-24(8-2)12-10-9-11-16-40-25-18-36(19-25)29(31(37)38)27-17-23(33)13-14-26(27)28-20-39-21-32(28,5)6/h8,13-14,17,25,28-29,34H,2,7,9-12,15-16,18-21H2,1,3-6H3,(H,37,38)/b35-24+. The summed E-state index contributed by atoms with van der Waals surface area (Å²) in [4.78, 5) is 19.0. The van der Waals surface area contributed by atoms with Gasteiger partial charge in [0, 0.05) is 37.9 Å². The van der Waals surface area contributed by atoms with Crippen molar-refractivity contribution in [2.45, 2.75) is 84.8 Å². The second kappa shape index (κ2) is 14.9. The van der Waals surface area contributed by atoms with Crippen molar-refractivity contribution in [3.8, 4) is 0 Å². The Hall–Kier alpha value is -2.55. The molecule has 0 radical (unpaired) electrons. The number of benzene rings is 1. The minimum Gasteiger partial charge on any atom is -0.480 e. The molecule has 2 heterocycles. The van der Waals surface area contributed by atoms with Crippen LogP contribution in [0.4, 0.5) is 4.39 Å². The van der Waals surface area contributed by atoms with Crippen LogP contribution in [0.5, 0.6) is 0 Å². The van der Waals surface area contributed by atoms with Crippen LogP contribution in [0.2, 0.25) is 0 Å². The van der Waals surface area contributed by atoms with Gasteiger partial charge in [0.2, 0.25) is 0 Å². The second-order valence-electron chi connectivity index (χ2n) is 11.9. The van der Waals surface area contributed by atoms with Crippen LogP contribution in [0.1, 0.15) is 89.8 Å². The number of nitrogens with one attached hydrogen (secondary N) is 1. The fourth-order valence-corrected chi connectivity index (χ4v) is 5.40. The Bertz CT molecular complexity index is 1070. The molecule has 2 unspecified atom stereocenters. The first-order chi connectivity index (χ1) is 19.1. The molecule has 0 saturated carbocycles. The Morgan fingerprint density at radius 2 is 2.08 bits per heavy atom. The molecule has 222 valence electrons. The highest BCUT2D eigenvalue weighted by Gasteiger charge is 2.43. The molecule has 3 rings (SSSR count). The van der Waals surface area contributed by atoms with Crippen LogP contribution in [0, 0.1) is 11.2 Å². The number of hydrogen-bond donors (Lipinski definition) is 2. The Labute approximate surface area is 239 Å². The summed E-state index contributed by atoms with van der Waals surface area (Å²) in [6.07, 6.45) is 6.67. The van der Waals surface area contributed by atoms with Crippen molar-refractivity contribution >= 4 is 11.7 Å². The molecule has 7 nitrogen and oxygen atoms in total. The molecular formula is C32H48FN3O4. The predicted molar refractivity (Wildman–Crippen MR) is 158 cm³/mol. The minimum atomic E-state index is -0.970. The number of aliphatic carboxylic acids is 1. The molecule has 2 atom stereocenters. The summed E-state index contributed by atoms with van der Waals surface area (Å²) in [5, 5.41) is 13.5. The van der Waals surface area contributed by atoms with Gasteiger partial charge in [-0.05, 0) is 79.9 Å². The zero-order valence-electron chi connectivity index (χ0n) is 25.0. The van der Waals surface area contributed by atoms with Crippen LogP contribution in [0.15, 0.2) is 47.2 Å². The fraction of sp³-hybridized carbons (Fsp3) is 0.625. The van der Waals surface area contributed by atoms with Gasteiger partial charge in [0.15, 0.2) is 0 Å². The molecule has 1 aromatic carbocycles. The van der Waals surface area contributed by atoms with Crippen molar-refractivity contribution in [3.63, 3.8) is 0 Å². The van der Waals surface area contributed by atoms with Gasteiger partial charge < -0.3 is 19.9 Å². The third-order valence-corrected chi connectivity index (χ3v) is 7.83. The van der Waals surface area contributed by atoms with Crippen LogP contribution in [0.25, 0.3) is 0 Å². The van der Waals surface area contributed by atoms with E-state index in [1.165, 1.54) is 12.1 Å². The number of carboxylic acid groups (broad SMARTS) is 1. The van der Waals surface area contributed by atoms with E-state index in [0.29, 0.717) is 38.5 Å². The summed E-state index contributed by atoms with van der Waals surface area (Å²) in [5.41, 5.74) is 3.38. The highest BCUT2D eigenvalue weighted by atomic mass is 19.1. The van der Waals surface area contributed by atoms with E-state index in [0.717, 1.165) is 61.3 Å². The highest BCUT2D eigenvalue weighted by molar-refractivity contribution is 5.95. The van der Waals surface area contributed by atoms with Crippen LogP contribution in [0.3, 0.4) is 0 Å². The molecule has 0 aliphatic carbocycles. The average molecular weight is 558 g/mol. The lowest BCUT2D eigenvalue weighted by Crippen LogP contribution is -2.55. The van der Waals surface area contributed by atoms with Crippen molar-refractivity contribution in [3.05, 3.63) is 59.2 Å². The van der Waals surface area contributed by atoms with Crippen LogP contribution in [-0.2, 0) is 14.3 Å². The lowest BCUT2D eigenvalue weighted by atomic mass is 9.75. The number of nitrogens with zero attached hydrogens (tertiary/aromatic N) is 2. The van der Waals surface area contributed by atoms with Crippen molar-refractivity contribution in [2.75, 3.05) is 39.5 Å². The first kappa shape index (κ1) is 32.0. The lowest BCUT2D eigenvalue weighted by Gasteiger charge is -2.43. The SMILES string of the molecule is C=C/C(CCCCCOC1CN(C(C(=O)O)c2cc(F)ccc2C2COCC2(C)C)C1)=N\C(NCCC)=C(C)C. The monoisotopic (exact) mass is 557 g/mol. The second-order valence-corrected chi connectivity index (χ2v) is 11.9. The number of unbranched alkanes of at least 4 members (excludes halogenated alkanes) is 2. The number of hydrogen-bond acceptors (Lipinski definition) is 6. The van der Waals surface area contributed by atoms with Gasteiger partial charge in [-0.15, -0.1) is 0 Å². The summed E-state index contributed by atoms with van der Waals surface area (Å²) < 4.78 is 26.1. The fourth-order valence-electron chi connectivity index (χ4n) is 5.40. The van der Waals surface area contributed by atoms with Crippen LogP contribution >= 0.6 is 0 Å². The molecule has 0 bridgehead atoms.